The number of nitrogens with zero attached hydrogens (tertiary/aromatic N) is 2. The van der Waals surface area contributed by atoms with Crippen LogP contribution in [0.4, 0.5) is 0 Å². The Balaban J connectivity index is 1.51. The van der Waals surface area contributed by atoms with E-state index < -0.39 is 0 Å². The monoisotopic (exact) mass is 349 g/mol. The highest BCUT2D eigenvalue weighted by Crippen LogP contribution is 2.17. The van der Waals surface area contributed by atoms with E-state index in [1.54, 1.807) is 50.0 Å². The van der Waals surface area contributed by atoms with E-state index in [2.05, 4.69) is 15.3 Å². The third-order valence-corrected chi connectivity index (χ3v) is 3.70. The Labute approximate surface area is 151 Å². The Bertz CT molecular complexity index is 852. The van der Waals surface area contributed by atoms with Gasteiger partial charge in [-0.2, -0.15) is 0 Å². The van der Waals surface area contributed by atoms with Crippen LogP contribution in [0.5, 0.6) is 11.5 Å². The Kier molecular flexibility index (Phi) is 5.77. The largest absolute Gasteiger partial charge is 0.497 e. The highest BCUT2D eigenvalue weighted by molar-refractivity contribution is 5.77. The lowest BCUT2D eigenvalue weighted by atomic mass is 10.1. The summed E-state index contributed by atoms with van der Waals surface area (Å²) in [5.41, 5.74) is 2.71. The van der Waals surface area contributed by atoms with Crippen LogP contribution in [0.1, 0.15) is 5.56 Å². The molecule has 2 heterocycles. The van der Waals surface area contributed by atoms with Crippen molar-refractivity contribution in [2.45, 2.75) is 6.54 Å². The van der Waals surface area contributed by atoms with E-state index in [0.29, 0.717) is 12.3 Å². The predicted octanol–water partition coefficient (Wildman–Crippen LogP) is 2.85. The van der Waals surface area contributed by atoms with Gasteiger partial charge in [0.05, 0.1) is 12.8 Å². The zero-order valence-electron chi connectivity index (χ0n) is 14.4. The van der Waals surface area contributed by atoms with Crippen LogP contribution in [0, 0.1) is 0 Å². The first-order chi connectivity index (χ1) is 12.7. The molecule has 2 aromatic heterocycles. The second-order valence-electron chi connectivity index (χ2n) is 5.53. The molecule has 0 saturated carbocycles. The van der Waals surface area contributed by atoms with Crippen LogP contribution in [0.2, 0.25) is 0 Å². The van der Waals surface area contributed by atoms with Crippen molar-refractivity contribution in [2.24, 2.45) is 0 Å². The average molecular weight is 349 g/mol. The number of hydrogen-bond donors (Lipinski definition) is 1. The molecule has 132 valence electrons. The molecular formula is C20H19N3O3. The molecule has 0 spiro atoms. The van der Waals surface area contributed by atoms with E-state index in [1.807, 2.05) is 24.3 Å². The number of hydrogen-bond acceptors (Lipinski definition) is 5. The molecule has 1 aromatic carbocycles. The summed E-state index contributed by atoms with van der Waals surface area (Å²) in [6, 6.07) is 14.7. The molecule has 3 aromatic rings. The number of amides is 1. The third-order valence-electron chi connectivity index (χ3n) is 3.70. The summed E-state index contributed by atoms with van der Waals surface area (Å²) < 4.78 is 10.5. The number of methoxy groups -OCH3 is 1. The molecule has 3 rings (SSSR count). The lowest BCUT2D eigenvalue weighted by Gasteiger charge is -2.09. The van der Waals surface area contributed by atoms with Gasteiger partial charge in [-0.15, -0.1) is 0 Å². The molecule has 0 aliphatic carbocycles. The summed E-state index contributed by atoms with van der Waals surface area (Å²) in [5.74, 6) is 1.16. The van der Waals surface area contributed by atoms with Gasteiger partial charge in [0, 0.05) is 30.7 Å². The van der Waals surface area contributed by atoms with E-state index in [-0.39, 0.29) is 12.5 Å². The fourth-order valence-corrected chi connectivity index (χ4v) is 2.33. The Morgan fingerprint density at radius 1 is 1.08 bits per heavy atom. The summed E-state index contributed by atoms with van der Waals surface area (Å²) in [7, 11) is 1.60. The number of ether oxygens (including phenoxy) is 2. The summed E-state index contributed by atoms with van der Waals surface area (Å²) in [5, 5.41) is 2.84. The molecule has 0 fully saturated rings. The lowest BCUT2D eigenvalue weighted by molar-refractivity contribution is -0.123. The Hall–Kier alpha value is -3.41. The molecule has 1 amide bonds. The lowest BCUT2D eigenvalue weighted by Crippen LogP contribution is -2.28. The number of nitrogens with one attached hydrogen (secondary N) is 1. The Morgan fingerprint density at radius 3 is 2.62 bits per heavy atom. The normalized spacial score (nSPS) is 10.2. The van der Waals surface area contributed by atoms with E-state index in [9.17, 15) is 4.79 Å². The van der Waals surface area contributed by atoms with Gasteiger partial charge in [0.25, 0.3) is 5.91 Å². The molecule has 6 nitrogen and oxygen atoms in total. The van der Waals surface area contributed by atoms with Gasteiger partial charge in [-0.25, -0.2) is 0 Å². The van der Waals surface area contributed by atoms with E-state index in [0.717, 1.165) is 22.6 Å². The first-order valence-electron chi connectivity index (χ1n) is 8.13. The number of carbonyl (C=O) groups is 1. The average Bonchev–Trinajstić information content (AvgIpc) is 2.72. The van der Waals surface area contributed by atoms with Crippen LogP contribution >= 0.6 is 0 Å². The van der Waals surface area contributed by atoms with Crippen molar-refractivity contribution >= 4 is 5.91 Å². The number of carbonyl (C=O) groups excluding carboxylic acids is 1. The van der Waals surface area contributed by atoms with Gasteiger partial charge < -0.3 is 14.8 Å². The van der Waals surface area contributed by atoms with Gasteiger partial charge in [-0.1, -0.05) is 0 Å². The summed E-state index contributed by atoms with van der Waals surface area (Å²) in [4.78, 5) is 20.4. The number of pyridine rings is 2. The van der Waals surface area contributed by atoms with Crippen molar-refractivity contribution in [3.05, 3.63) is 72.7 Å². The second kappa shape index (κ2) is 8.62. The van der Waals surface area contributed by atoms with Gasteiger partial charge in [0.1, 0.15) is 11.5 Å². The van der Waals surface area contributed by atoms with E-state index >= 15 is 0 Å². The Morgan fingerprint density at radius 2 is 1.88 bits per heavy atom. The van der Waals surface area contributed by atoms with Crippen molar-refractivity contribution in [3.63, 3.8) is 0 Å². The van der Waals surface area contributed by atoms with Crippen molar-refractivity contribution in [2.75, 3.05) is 13.7 Å². The predicted molar refractivity (Wildman–Crippen MR) is 97.8 cm³/mol. The van der Waals surface area contributed by atoms with Gasteiger partial charge in [-0.3, -0.25) is 14.8 Å². The standard InChI is InChI=1S/C20H19N3O3/c1-25-17-4-6-18(7-5-17)26-14-20(24)23-12-15-8-10-22-19(11-15)16-3-2-9-21-13-16/h2-11,13H,12,14H2,1H3,(H,23,24). The fraction of sp³-hybridized carbons (Fsp3) is 0.150. The van der Waals surface area contributed by atoms with Crippen LogP contribution in [0.25, 0.3) is 11.3 Å². The number of aromatic nitrogens is 2. The SMILES string of the molecule is COc1ccc(OCC(=O)NCc2ccnc(-c3cccnc3)c2)cc1. The zero-order chi connectivity index (χ0) is 18.2. The topological polar surface area (TPSA) is 73.3 Å². The molecule has 0 radical (unpaired) electrons. The minimum atomic E-state index is -0.194. The van der Waals surface area contributed by atoms with Gasteiger partial charge in [-0.05, 0) is 54.1 Å². The molecule has 0 aliphatic rings. The van der Waals surface area contributed by atoms with Crippen molar-refractivity contribution in [1.29, 1.82) is 0 Å². The molecule has 0 bridgehead atoms. The molecule has 26 heavy (non-hydrogen) atoms. The number of benzene rings is 1. The van der Waals surface area contributed by atoms with Crippen LogP contribution in [0.15, 0.2) is 67.1 Å². The van der Waals surface area contributed by atoms with Gasteiger partial charge >= 0.3 is 0 Å². The van der Waals surface area contributed by atoms with Crippen molar-refractivity contribution in [3.8, 4) is 22.8 Å². The van der Waals surface area contributed by atoms with E-state index in [4.69, 9.17) is 9.47 Å². The van der Waals surface area contributed by atoms with Gasteiger partial charge in [0.2, 0.25) is 0 Å². The maximum atomic E-state index is 12.0. The maximum Gasteiger partial charge on any atom is 0.258 e. The zero-order valence-corrected chi connectivity index (χ0v) is 14.4. The molecule has 1 N–H and O–H groups in total. The quantitative estimate of drug-likeness (QED) is 0.710. The van der Waals surface area contributed by atoms with Crippen LogP contribution in [-0.2, 0) is 11.3 Å². The summed E-state index contributed by atoms with van der Waals surface area (Å²) >= 11 is 0. The molecule has 0 aliphatic heterocycles. The van der Waals surface area contributed by atoms with Crippen LogP contribution in [0.3, 0.4) is 0 Å². The van der Waals surface area contributed by atoms with E-state index in [1.165, 1.54) is 0 Å². The molecular weight excluding hydrogens is 330 g/mol. The summed E-state index contributed by atoms with van der Waals surface area (Å²) in [6.45, 7) is 0.355. The molecule has 6 heteroatoms. The first kappa shape index (κ1) is 17.4. The maximum absolute atomic E-state index is 12.0. The fourth-order valence-electron chi connectivity index (χ4n) is 2.33. The first-order valence-corrected chi connectivity index (χ1v) is 8.13. The van der Waals surface area contributed by atoms with Crippen molar-refractivity contribution < 1.29 is 14.3 Å². The minimum Gasteiger partial charge on any atom is -0.497 e. The third kappa shape index (κ3) is 4.80. The molecule has 0 unspecified atom stereocenters. The van der Waals surface area contributed by atoms with Gasteiger partial charge in [0.15, 0.2) is 6.61 Å². The van der Waals surface area contributed by atoms with Crippen LogP contribution < -0.4 is 14.8 Å². The second-order valence-corrected chi connectivity index (χ2v) is 5.53. The smallest absolute Gasteiger partial charge is 0.258 e. The minimum absolute atomic E-state index is 0.0487. The molecule has 0 saturated heterocycles. The highest BCUT2D eigenvalue weighted by Gasteiger charge is 2.05. The van der Waals surface area contributed by atoms with Crippen molar-refractivity contribution in [1.82, 2.24) is 15.3 Å². The number of rotatable bonds is 7. The summed E-state index contributed by atoms with van der Waals surface area (Å²) in [6.07, 6.45) is 5.20. The highest BCUT2D eigenvalue weighted by atomic mass is 16.5. The molecule has 0 atom stereocenters. The van der Waals surface area contributed by atoms with Crippen LogP contribution in [-0.4, -0.2) is 29.6 Å².